The molecule has 104 valence electrons. The SMILES string of the molecule is Cc1ccc(F)cc1NC(=O)CN1CCC[C@@H]1CO. The van der Waals surface area contributed by atoms with Crippen molar-refractivity contribution in [2.24, 2.45) is 0 Å². The second-order valence-electron chi connectivity index (χ2n) is 4.96. The van der Waals surface area contributed by atoms with Gasteiger partial charge in [0.25, 0.3) is 0 Å². The quantitative estimate of drug-likeness (QED) is 0.869. The number of aryl methyl sites for hydroxylation is 1. The van der Waals surface area contributed by atoms with Gasteiger partial charge in [0.1, 0.15) is 5.82 Å². The molecule has 0 aliphatic carbocycles. The number of nitrogens with one attached hydrogen (secondary N) is 1. The molecule has 2 rings (SSSR count). The van der Waals surface area contributed by atoms with Gasteiger partial charge in [-0.25, -0.2) is 4.39 Å². The third kappa shape index (κ3) is 3.52. The zero-order valence-corrected chi connectivity index (χ0v) is 11.0. The summed E-state index contributed by atoms with van der Waals surface area (Å²) in [6.45, 7) is 2.95. The Hall–Kier alpha value is -1.46. The lowest BCUT2D eigenvalue weighted by Gasteiger charge is -2.22. The van der Waals surface area contributed by atoms with Crippen LogP contribution >= 0.6 is 0 Å². The molecule has 1 aliphatic heterocycles. The van der Waals surface area contributed by atoms with Gasteiger partial charge in [-0.1, -0.05) is 6.07 Å². The lowest BCUT2D eigenvalue weighted by Crippen LogP contribution is -2.38. The minimum absolute atomic E-state index is 0.0688. The number of aliphatic hydroxyl groups excluding tert-OH is 1. The summed E-state index contributed by atoms with van der Waals surface area (Å²) < 4.78 is 13.1. The number of amides is 1. The fraction of sp³-hybridized carbons (Fsp3) is 0.500. The zero-order valence-electron chi connectivity index (χ0n) is 11.0. The molecule has 1 atom stereocenters. The van der Waals surface area contributed by atoms with Crippen molar-refractivity contribution in [1.82, 2.24) is 4.90 Å². The van der Waals surface area contributed by atoms with E-state index in [4.69, 9.17) is 0 Å². The highest BCUT2D eigenvalue weighted by molar-refractivity contribution is 5.93. The van der Waals surface area contributed by atoms with E-state index < -0.39 is 0 Å². The van der Waals surface area contributed by atoms with Crippen LogP contribution in [0.15, 0.2) is 18.2 Å². The maximum absolute atomic E-state index is 13.1. The number of carbonyl (C=O) groups is 1. The number of rotatable bonds is 4. The van der Waals surface area contributed by atoms with Gasteiger partial charge in [-0.05, 0) is 44.0 Å². The molecule has 1 aromatic carbocycles. The molecule has 1 amide bonds. The molecular formula is C14H19FN2O2. The third-order valence-corrected chi connectivity index (χ3v) is 3.53. The molecule has 0 radical (unpaired) electrons. The van der Waals surface area contributed by atoms with Crippen LogP contribution in [0, 0.1) is 12.7 Å². The average Bonchev–Trinajstić information content (AvgIpc) is 2.81. The number of likely N-dealkylation sites (tertiary alicyclic amines) is 1. The number of anilines is 1. The first-order valence-corrected chi connectivity index (χ1v) is 6.51. The summed E-state index contributed by atoms with van der Waals surface area (Å²) in [6.07, 6.45) is 1.92. The maximum Gasteiger partial charge on any atom is 0.238 e. The number of hydrogen-bond donors (Lipinski definition) is 2. The maximum atomic E-state index is 13.1. The zero-order chi connectivity index (χ0) is 13.8. The fourth-order valence-corrected chi connectivity index (χ4v) is 2.41. The van der Waals surface area contributed by atoms with Crippen molar-refractivity contribution in [3.63, 3.8) is 0 Å². The van der Waals surface area contributed by atoms with E-state index in [-0.39, 0.29) is 30.9 Å². The first-order chi connectivity index (χ1) is 9.10. The fourth-order valence-electron chi connectivity index (χ4n) is 2.41. The Morgan fingerprint density at radius 2 is 2.37 bits per heavy atom. The number of nitrogens with zero attached hydrogens (tertiary/aromatic N) is 1. The Kier molecular flexibility index (Phi) is 4.50. The van der Waals surface area contributed by atoms with Gasteiger partial charge in [-0.15, -0.1) is 0 Å². The van der Waals surface area contributed by atoms with Gasteiger partial charge in [0.2, 0.25) is 5.91 Å². The topological polar surface area (TPSA) is 52.6 Å². The number of aliphatic hydroxyl groups is 1. The Labute approximate surface area is 112 Å². The summed E-state index contributed by atoms with van der Waals surface area (Å²) >= 11 is 0. The molecule has 1 heterocycles. The smallest absolute Gasteiger partial charge is 0.238 e. The second kappa shape index (κ2) is 6.12. The van der Waals surface area contributed by atoms with E-state index in [1.807, 2.05) is 11.8 Å². The van der Waals surface area contributed by atoms with Crippen LogP contribution in [-0.4, -0.2) is 41.7 Å². The van der Waals surface area contributed by atoms with Gasteiger partial charge in [0.05, 0.1) is 13.2 Å². The van der Waals surface area contributed by atoms with Crippen molar-refractivity contribution in [1.29, 1.82) is 0 Å². The van der Waals surface area contributed by atoms with Gasteiger partial charge < -0.3 is 10.4 Å². The summed E-state index contributed by atoms with van der Waals surface area (Å²) in [5.41, 5.74) is 1.33. The highest BCUT2D eigenvalue weighted by Crippen LogP contribution is 2.18. The highest BCUT2D eigenvalue weighted by Gasteiger charge is 2.25. The van der Waals surface area contributed by atoms with E-state index in [2.05, 4.69) is 5.32 Å². The summed E-state index contributed by atoms with van der Waals surface area (Å²) in [6, 6.07) is 4.39. The molecule has 0 bridgehead atoms. The van der Waals surface area contributed by atoms with Crippen molar-refractivity contribution in [2.75, 3.05) is 25.0 Å². The van der Waals surface area contributed by atoms with E-state index >= 15 is 0 Å². The first kappa shape index (κ1) is 14.0. The van der Waals surface area contributed by atoms with Crippen molar-refractivity contribution in [2.45, 2.75) is 25.8 Å². The van der Waals surface area contributed by atoms with Crippen LogP contribution in [0.2, 0.25) is 0 Å². The summed E-state index contributed by atoms with van der Waals surface area (Å²) in [4.78, 5) is 13.9. The molecule has 5 heteroatoms. The minimum Gasteiger partial charge on any atom is -0.395 e. The van der Waals surface area contributed by atoms with Crippen LogP contribution in [0.5, 0.6) is 0 Å². The van der Waals surface area contributed by atoms with E-state index in [9.17, 15) is 14.3 Å². The molecule has 0 saturated carbocycles. The van der Waals surface area contributed by atoms with Gasteiger partial charge >= 0.3 is 0 Å². The Morgan fingerprint density at radius 3 is 3.11 bits per heavy atom. The highest BCUT2D eigenvalue weighted by atomic mass is 19.1. The van der Waals surface area contributed by atoms with Crippen LogP contribution in [-0.2, 0) is 4.79 Å². The molecule has 0 unspecified atom stereocenters. The molecule has 4 nitrogen and oxygen atoms in total. The molecule has 1 saturated heterocycles. The van der Waals surface area contributed by atoms with Crippen molar-refractivity contribution in [3.05, 3.63) is 29.6 Å². The van der Waals surface area contributed by atoms with Crippen LogP contribution < -0.4 is 5.32 Å². The molecule has 0 aromatic heterocycles. The number of carbonyl (C=O) groups excluding carboxylic acids is 1. The number of benzene rings is 1. The first-order valence-electron chi connectivity index (χ1n) is 6.51. The van der Waals surface area contributed by atoms with Gasteiger partial charge in [-0.3, -0.25) is 9.69 Å². The van der Waals surface area contributed by atoms with Crippen LogP contribution in [0.25, 0.3) is 0 Å². The van der Waals surface area contributed by atoms with E-state index in [1.165, 1.54) is 12.1 Å². The van der Waals surface area contributed by atoms with E-state index in [0.717, 1.165) is 24.9 Å². The molecule has 19 heavy (non-hydrogen) atoms. The summed E-state index contributed by atoms with van der Waals surface area (Å²) in [7, 11) is 0. The molecule has 2 N–H and O–H groups in total. The second-order valence-corrected chi connectivity index (χ2v) is 4.96. The van der Waals surface area contributed by atoms with Gasteiger partial charge in [-0.2, -0.15) is 0 Å². The molecule has 1 aromatic rings. The van der Waals surface area contributed by atoms with E-state index in [0.29, 0.717) is 5.69 Å². The monoisotopic (exact) mass is 266 g/mol. The molecular weight excluding hydrogens is 247 g/mol. The third-order valence-electron chi connectivity index (χ3n) is 3.53. The van der Waals surface area contributed by atoms with Crippen molar-refractivity contribution < 1.29 is 14.3 Å². The van der Waals surface area contributed by atoms with E-state index in [1.54, 1.807) is 6.07 Å². The van der Waals surface area contributed by atoms with Crippen LogP contribution in [0.4, 0.5) is 10.1 Å². The lowest BCUT2D eigenvalue weighted by atomic mass is 10.2. The number of hydrogen-bond acceptors (Lipinski definition) is 3. The minimum atomic E-state index is -0.365. The summed E-state index contributed by atoms with van der Waals surface area (Å²) in [5.74, 6) is -0.538. The number of halogens is 1. The molecule has 0 spiro atoms. The van der Waals surface area contributed by atoms with Crippen LogP contribution in [0.3, 0.4) is 0 Å². The largest absolute Gasteiger partial charge is 0.395 e. The average molecular weight is 266 g/mol. The predicted molar refractivity (Wildman–Crippen MR) is 71.4 cm³/mol. The Balaban J connectivity index is 1.95. The molecule has 1 fully saturated rings. The van der Waals surface area contributed by atoms with Gasteiger partial charge in [0.15, 0.2) is 0 Å². The lowest BCUT2D eigenvalue weighted by molar-refractivity contribution is -0.117. The van der Waals surface area contributed by atoms with Crippen molar-refractivity contribution >= 4 is 11.6 Å². The predicted octanol–water partition coefficient (Wildman–Crippen LogP) is 1.53. The normalized spacial score (nSPS) is 19.6. The van der Waals surface area contributed by atoms with Crippen molar-refractivity contribution in [3.8, 4) is 0 Å². The Bertz CT molecular complexity index is 465. The standard InChI is InChI=1S/C14H19FN2O2/c1-10-4-5-11(15)7-13(10)16-14(19)8-17-6-2-3-12(17)9-18/h4-5,7,12,18H,2-3,6,8-9H2,1H3,(H,16,19)/t12-/m1/s1. The molecule has 1 aliphatic rings. The van der Waals surface area contributed by atoms with Crippen LogP contribution in [0.1, 0.15) is 18.4 Å². The summed E-state index contributed by atoms with van der Waals surface area (Å²) in [5, 5.41) is 11.9. The van der Waals surface area contributed by atoms with Gasteiger partial charge in [0, 0.05) is 11.7 Å². The Morgan fingerprint density at radius 1 is 1.58 bits per heavy atom.